The second kappa shape index (κ2) is 3.79. The number of aromatic nitrogens is 3. The van der Waals surface area contributed by atoms with Crippen LogP contribution in [0.3, 0.4) is 0 Å². The molecule has 1 aliphatic carbocycles. The van der Waals surface area contributed by atoms with Gasteiger partial charge in [0.2, 0.25) is 11.7 Å². The Bertz CT molecular complexity index is 873. The van der Waals surface area contributed by atoms with Gasteiger partial charge in [-0.1, -0.05) is 17.3 Å². The second-order valence-electron chi connectivity index (χ2n) is 6.89. The zero-order valence-electron chi connectivity index (χ0n) is 12.6. The lowest BCUT2D eigenvalue weighted by molar-refractivity contribution is -0.00510. The number of aromatic amines is 1. The van der Waals surface area contributed by atoms with Crippen LogP contribution in [-0.2, 0) is 10.2 Å². The number of hydrogen-bond acceptors (Lipinski definition) is 4. The SMILES string of the molecule is CC1OC2(C)CC1(c1nc(-c3cccc4[nH]ccc34)no1)C2. The van der Waals surface area contributed by atoms with Crippen molar-refractivity contribution in [3.63, 3.8) is 0 Å². The maximum atomic E-state index is 6.02. The Morgan fingerprint density at radius 3 is 2.91 bits per heavy atom. The molecule has 6 rings (SSSR count). The molecule has 2 aliphatic heterocycles. The van der Waals surface area contributed by atoms with Gasteiger partial charge in [-0.05, 0) is 38.8 Å². The van der Waals surface area contributed by atoms with Crippen LogP contribution in [0.15, 0.2) is 35.0 Å². The summed E-state index contributed by atoms with van der Waals surface area (Å²) in [7, 11) is 0. The predicted molar refractivity (Wildman–Crippen MR) is 81.5 cm³/mol. The summed E-state index contributed by atoms with van der Waals surface area (Å²) in [6.07, 6.45) is 4.00. The van der Waals surface area contributed by atoms with Crippen molar-refractivity contribution in [3.8, 4) is 11.4 Å². The minimum absolute atomic E-state index is 0.00526. The molecule has 2 saturated heterocycles. The molecule has 0 spiro atoms. The summed E-state index contributed by atoms with van der Waals surface area (Å²) < 4.78 is 11.7. The van der Waals surface area contributed by atoms with Crippen molar-refractivity contribution in [1.82, 2.24) is 15.1 Å². The van der Waals surface area contributed by atoms with E-state index in [9.17, 15) is 0 Å². The normalized spacial score (nSPS) is 33.3. The molecule has 0 radical (unpaired) electrons. The lowest BCUT2D eigenvalue weighted by Crippen LogP contribution is -2.46. The van der Waals surface area contributed by atoms with Gasteiger partial charge < -0.3 is 14.2 Å². The quantitative estimate of drug-likeness (QED) is 0.786. The van der Waals surface area contributed by atoms with Crippen molar-refractivity contribution in [3.05, 3.63) is 36.4 Å². The number of fused-ring (bicyclic) bond motifs is 2. The predicted octanol–water partition coefficient (Wildman–Crippen LogP) is 3.43. The van der Waals surface area contributed by atoms with Crippen molar-refractivity contribution in [2.45, 2.75) is 43.8 Å². The van der Waals surface area contributed by atoms with Crippen molar-refractivity contribution in [2.24, 2.45) is 0 Å². The number of nitrogens with one attached hydrogen (secondary N) is 1. The number of hydrogen-bond donors (Lipinski definition) is 1. The fraction of sp³-hybridized carbons (Fsp3) is 0.412. The molecule has 4 heterocycles. The number of nitrogens with zero attached hydrogens (tertiary/aromatic N) is 2. The minimum atomic E-state index is -0.0912. The number of rotatable bonds is 2. The Kier molecular flexibility index (Phi) is 2.14. The largest absolute Gasteiger partial charge is 0.371 e. The van der Waals surface area contributed by atoms with E-state index in [0.29, 0.717) is 5.82 Å². The molecule has 5 heteroatoms. The fourth-order valence-corrected chi connectivity index (χ4v) is 4.33. The standard InChI is InChI=1S/C17H17N3O2/c1-10-17(8-16(2,9-17)21-10)15-19-14(20-22-15)12-4-3-5-13-11(12)6-7-18-13/h3-7,10,18H,8-9H2,1-2H3. The molecule has 1 saturated carbocycles. The van der Waals surface area contributed by atoms with E-state index in [2.05, 4.69) is 24.0 Å². The van der Waals surface area contributed by atoms with Crippen LogP contribution in [0.25, 0.3) is 22.3 Å². The summed E-state index contributed by atoms with van der Waals surface area (Å²) in [6, 6.07) is 8.12. The van der Waals surface area contributed by atoms with E-state index in [0.717, 1.165) is 35.2 Å². The first kappa shape index (κ1) is 12.4. The highest BCUT2D eigenvalue weighted by atomic mass is 16.5. The second-order valence-corrected chi connectivity index (χ2v) is 6.89. The summed E-state index contributed by atoms with van der Waals surface area (Å²) in [5, 5.41) is 5.34. The molecule has 5 nitrogen and oxygen atoms in total. The molecule has 2 aromatic heterocycles. The van der Waals surface area contributed by atoms with Crippen LogP contribution in [0, 0.1) is 0 Å². The average molecular weight is 295 g/mol. The highest BCUT2D eigenvalue weighted by Gasteiger charge is 2.67. The highest BCUT2D eigenvalue weighted by molar-refractivity contribution is 5.93. The van der Waals surface area contributed by atoms with Gasteiger partial charge in [0.05, 0.1) is 17.1 Å². The van der Waals surface area contributed by atoms with E-state index in [1.165, 1.54) is 0 Å². The molecule has 112 valence electrons. The van der Waals surface area contributed by atoms with E-state index in [4.69, 9.17) is 14.2 Å². The number of H-pyrrole nitrogens is 1. The zero-order chi connectivity index (χ0) is 14.9. The monoisotopic (exact) mass is 295 g/mol. The van der Waals surface area contributed by atoms with Crippen LogP contribution in [0.4, 0.5) is 0 Å². The van der Waals surface area contributed by atoms with Gasteiger partial charge in [0.1, 0.15) is 0 Å². The van der Waals surface area contributed by atoms with E-state index in [1.807, 2.05) is 30.5 Å². The van der Waals surface area contributed by atoms with Gasteiger partial charge in [-0.25, -0.2) is 0 Å². The molecule has 1 aromatic carbocycles. The summed E-state index contributed by atoms with van der Waals surface area (Å²) in [4.78, 5) is 7.92. The average Bonchev–Trinajstić information content (AvgIpc) is 3.18. The number of ether oxygens (including phenoxy) is 1. The Morgan fingerprint density at radius 1 is 1.27 bits per heavy atom. The maximum Gasteiger partial charge on any atom is 0.236 e. The number of benzene rings is 1. The van der Waals surface area contributed by atoms with Gasteiger partial charge in [-0.15, -0.1) is 0 Å². The Balaban J connectivity index is 1.59. The van der Waals surface area contributed by atoms with E-state index in [1.54, 1.807) is 0 Å². The highest BCUT2D eigenvalue weighted by Crippen LogP contribution is 2.61. The van der Waals surface area contributed by atoms with Crippen LogP contribution in [0.2, 0.25) is 0 Å². The minimum Gasteiger partial charge on any atom is -0.371 e. The van der Waals surface area contributed by atoms with Gasteiger partial charge in [-0.2, -0.15) is 4.98 Å². The van der Waals surface area contributed by atoms with Crippen LogP contribution in [-0.4, -0.2) is 26.8 Å². The summed E-state index contributed by atoms with van der Waals surface area (Å²) in [5.41, 5.74) is 1.98. The van der Waals surface area contributed by atoms with Crippen LogP contribution >= 0.6 is 0 Å². The van der Waals surface area contributed by atoms with Gasteiger partial charge in [-0.3, -0.25) is 0 Å². The zero-order valence-corrected chi connectivity index (χ0v) is 12.6. The molecule has 3 fully saturated rings. The first-order chi connectivity index (χ1) is 10.6. The summed E-state index contributed by atoms with van der Waals surface area (Å²) in [6.45, 7) is 4.27. The van der Waals surface area contributed by atoms with Crippen molar-refractivity contribution in [1.29, 1.82) is 0 Å². The van der Waals surface area contributed by atoms with E-state index >= 15 is 0 Å². The van der Waals surface area contributed by atoms with Gasteiger partial charge in [0, 0.05) is 22.7 Å². The molecule has 3 aromatic rings. The Labute approximate surface area is 127 Å². The molecular formula is C17H17N3O2. The molecule has 1 N–H and O–H groups in total. The Hall–Kier alpha value is -2.14. The third kappa shape index (κ3) is 1.42. The van der Waals surface area contributed by atoms with Gasteiger partial charge in [0.25, 0.3) is 0 Å². The van der Waals surface area contributed by atoms with E-state index < -0.39 is 0 Å². The fourth-order valence-electron chi connectivity index (χ4n) is 4.33. The van der Waals surface area contributed by atoms with Crippen molar-refractivity contribution >= 4 is 10.9 Å². The topological polar surface area (TPSA) is 63.9 Å². The van der Waals surface area contributed by atoms with Gasteiger partial charge in [0.15, 0.2) is 0 Å². The first-order valence-corrected chi connectivity index (χ1v) is 7.68. The Morgan fingerprint density at radius 2 is 2.14 bits per heavy atom. The molecule has 3 aliphatic rings. The molecule has 1 unspecified atom stereocenters. The van der Waals surface area contributed by atoms with Crippen LogP contribution in [0.1, 0.15) is 32.6 Å². The molecule has 1 atom stereocenters. The molecule has 22 heavy (non-hydrogen) atoms. The van der Waals surface area contributed by atoms with E-state index in [-0.39, 0.29) is 17.1 Å². The third-order valence-corrected chi connectivity index (χ3v) is 5.31. The third-order valence-electron chi connectivity index (χ3n) is 5.31. The summed E-state index contributed by atoms with van der Waals surface area (Å²) in [5.74, 6) is 1.37. The maximum absolute atomic E-state index is 6.02. The summed E-state index contributed by atoms with van der Waals surface area (Å²) >= 11 is 0. The molecule has 0 amide bonds. The van der Waals surface area contributed by atoms with Gasteiger partial charge >= 0.3 is 0 Å². The smallest absolute Gasteiger partial charge is 0.236 e. The molecular weight excluding hydrogens is 278 g/mol. The van der Waals surface area contributed by atoms with Crippen LogP contribution < -0.4 is 0 Å². The lowest BCUT2D eigenvalue weighted by atomic mass is 9.61. The van der Waals surface area contributed by atoms with Crippen LogP contribution in [0.5, 0.6) is 0 Å². The van der Waals surface area contributed by atoms with Crippen molar-refractivity contribution < 1.29 is 9.26 Å². The first-order valence-electron chi connectivity index (χ1n) is 7.68. The lowest BCUT2D eigenvalue weighted by Gasteiger charge is -2.40. The molecule has 2 bridgehead atoms. The van der Waals surface area contributed by atoms with Crippen molar-refractivity contribution in [2.75, 3.05) is 0 Å².